The van der Waals surface area contributed by atoms with Crippen LogP contribution in [0.3, 0.4) is 0 Å². The van der Waals surface area contributed by atoms with E-state index >= 15 is 0 Å². The van der Waals surface area contributed by atoms with Gasteiger partial charge in [0.25, 0.3) is 0 Å². The van der Waals surface area contributed by atoms with Crippen LogP contribution in [-0.2, 0) is 23.2 Å². The van der Waals surface area contributed by atoms with Crippen LogP contribution in [0.25, 0.3) is 0 Å². The van der Waals surface area contributed by atoms with Crippen LogP contribution in [0.15, 0.2) is 34.5 Å². The number of hydrogen-bond acceptors (Lipinski definition) is 4. The number of aliphatic hydroxyl groups is 1. The highest BCUT2D eigenvalue weighted by molar-refractivity contribution is 7.89. The van der Waals surface area contributed by atoms with Crippen LogP contribution in [0.5, 0.6) is 0 Å². The van der Waals surface area contributed by atoms with Gasteiger partial charge in [0.05, 0.1) is 11.5 Å². The standard InChI is InChI=1S/C13H14FNO3S2/c1-9-8-19-12(7-16)13(9)20(17,18)15-6-10-3-2-4-11(14)5-10/h2-5,8,15-16H,6-7H2,1H3. The van der Waals surface area contributed by atoms with Crippen molar-refractivity contribution < 1.29 is 17.9 Å². The molecule has 0 radical (unpaired) electrons. The summed E-state index contributed by atoms with van der Waals surface area (Å²) in [5, 5.41) is 10.9. The molecule has 2 rings (SSSR count). The van der Waals surface area contributed by atoms with Crippen molar-refractivity contribution >= 4 is 21.4 Å². The second-order valence-corrected chi connectivity index (χ2v) is 6.95. The zero-order chi connectivity index (χ0) is 14.8. The highest BCUT2D eigenvalue weighted by atomic mass is 32.2. The Hall–Kier alpha value is -1.28. The summed E-state index contributed by atoms with van der Waals surface area (Å²) in [7, 11) is -3.72. The first-order valence-corrected chi connectivity index (χ1v) is 8.22. The van der Waals surface area contributed by atoms with Gasteiger partial charge in [0.15, 0.2) is 0 Å². The minimum Gasteiger partial charge on any atom is -0.391 e. The van der Waals surface area contributed by atoms with Gasteiger partial charge < -0.3 is 5.11 Å². The van der Waals surface area contributed by atoms with Crippen LogP contribution < -0.4 is 4.72 Å². The van der Waals surface area contributed by atoms with Crippen LogP contribution in [-0.4, -0.2) is 13.5 Å². The van der Waals surface area contributed by atoms with Gasteiger partial charge in [-0.2, -0.15) is 0 Å². The Morgan fingerprint density at radius 1 is 1.40 bits per heavy atom. The SMILES string of the molecule is Cc1csc(CO)c1S(=O)(=O)NCc1cccc(F)c1. The van der Waals surface area contributed by atoms with Crippen molar-refractivity contribution in [3.05, 3.63) is 51.5 Å². The number of nitrogens with one attached hydrogen (secondary N) is 1. The third-order valence-corrected chi connectivity index (χ3v) is 5.61. The smallest absolute Gasteiger partial charge is 0.242 e. The lowest BCUT2D eigenvalue weighted by atomic mass is 10.2. The van der Waals surface area contributed by atoms with Gasteiger partial charge in [0, 0.05) is 6.54 Å². The van der Waals surface area contributed by atoms with Crippen LogP contribution in [0, 0.1) is 12.7 Å². The quantitative estimate of drug-likeness (QED) is 0.888. The minimum atomic E-state index is -3.72. The normalized spacial score (nSPS) is 11.8. The number of halogens is 1. The maximum atomic E-state index is 13.0. The number of rotatable bonds is 5. The molecule has 0 saturated heterocycles. The van der Waals surface area contributed by atoms with E-state index in [1.165, 1.54) is 29.5 Å². The summed E-state index contributed by atoms with van der Waals surface area (Å²) >= 11 is 1.20. The summed E-state index contributed by atoms with van der Waals surface area (Å²) in [5.74, 6) is -0.413. The van der Waals surface area contributed by atoms with Gasteiger partial charge in [-0.1, -0.05) is 12.1 Å². The van der Waals surface area contributed by atoms with Crippen LogP contribution in [0.4, 0.5) is 4.39 Å². The van der Waals surface area contributed by atoms with Crippen LogP contribution in [0.1, 0.15) is 16.0 Å². The molecule has 0 saturated carbocycles. The number of sulfonamides is 1. The van der Waals surface area contributed by atoms with E-state index in [1.54, 1.807) is 18.4 Å². The van der Waals surface area contributed by atoms with E-state index in [1.807, 2.05) is 0 Å². The highest BCUT2D eigenvalue weighted by Gasteiger charge is 2.22. The Balaban J connectivity index is 2.21. The molecule has 0 fully saturated rings. The third-order valence-electron chi connectivity index (χ3n) is 2.76. The molecule has 108 valence electrons. The van der Waals surface area contributed by atoms with Crippen LogP contribution in [0.2, 0.25) is 0 Å². The molecule has 7 heteroatoms. The monoisotopic (exact) mass is 315 g/mol. The largest absolute Gasteiger partial charge is 0.391 e. The van der Waals surface area contributed by atoms with Gasteiger partial charge >= 0.3 is 0 Å². The number of thiophene rings is 1. The number of hydrogen-bond donors (Lipinski definition) is 2. The Morgan fingerprint density at radius 3 is 2.80 bits per heavy atom. The summed E-state index contributed by atoms with van der Waals surface area (Å²) in [4.78, 5) is 0.510. The van der Waals surface area contributed by atoms with Crippen LogP contribution >= 0.6 is 11.3 Å². The Labute approximate surface area is 120 Å². The van der Waals surface area contributed by atoms with Crippen molar-refractivity contribution in [2.75, 3.05) is 0 Å². The minimum absolute atomic E-state index is 0.000247. The predicted molar refractivity (Wildman–Crippen MR) is 75.4 cm³/mol. The molecule has 4 nitrogen and oxygen atoms in total. The van der Waals surface area contributed by atoms with E-state index < -0.39 is 15.8 Å². The molecule has 2 aromatic rings. The fraction of sp³-hybridized carbons (Fsp3) is 0.231. The van der Waals surface area contributed by atoms with Crippen molar-refractivity contribution in [1.82, 2.24) is 4.72 Å². The van der Waals surface area contributed by atoms with Gasteiger partial charge in [-0.05, 0) is 35.6 Å². The van der Waals surface area contributed by atoms with E-state index in [-0.39, 0.29) is 18.0 Å². The topological polar surface area (TPSA) is 66.4 Å². The molecular formula is C13H14FNO3S2. The number of aryl methyl sites for hydroxylation is 1. The van der Waals surface area contributed by atoms with Crippen molar-refractivity contribution in [2.24, 2.45) is 0 Å². The van der Waals surface area contributed by atoms with E-state index in [2.05, 4.69) is 4.72 Å². The molecule has 2 N–H and O–H groups in total. The first kappa shape index (κ1) is 15.1. The van der Waals surface area contributed by atoms with Gasteiger partial charge in [0.2, 0.25) is 10.0 Å². The number of benzene rings is 1. The Bertz CT molecular complexity index is 710. The molecule has 0 aliphatic heterocycles. The lowest BCUT2D eigenvalue weighted by Gasteiger charge is -2.08. The zero-order valence-electron chi connectivity index (χ0n) is 10.8. The molecule has 20 heavy (non-hydrogen) atoms. The molecule has 0 unspecified atom stereocenters. The molecule has 0 atom stereocenters. The van der Waals surface area contributed by atoms with Gasteiger partial charge in [-0.25, -0.2) is 17.5 Å². The van der Waals surface area contributed by atoms with Gasteiger partial charge in [-0.3, -0.25) is 0 Å². The maximum Gasteiger partial charge on any atom is 0.242 e. The second kappa shape index (κ2) is 6.01. The van der Waals surface area contributed by atoms with Crippen molar-refractivity contribution in [2.45, 2.75) is 25.0 Å². The summed E-state index contributed by atoms with van der Waals surface area (Å²) in [6.45, 7) is 1.35. The zero-order valence-corrected chi connectivity index (χ0v) is 12.4. The van der Waals surface area contributed by atoms with Crippen molar-refractivity contribution in [1.29, 1.82) is 0 Å². The maximum absolute atomic E-state index is 13.0. The van der Waals surface area contributed by atoms with Crippen molar-refractivity contribution in [3.63, 3.8) is 0 Å². The lowest BCUT2D eigenvalue weighted by molar-refractivity contribution is 0.282. The lowest BCUT2D eigenvalue weighted by Crippen LogP contribution is -2.24. The van der Waals surface area contributed by atoms with Crippen molar-refractivity contribution in [3.8, 4) is 0 Å². The molecule has 0 bridgehead atoms. The summed E-state index contributed by atoms with van der Waals surface area (Å²) in [6, 6.07) is 5.73. The third kappa shape index (κ3) is 3.24. The highest BCUT2D eigenvalue weighted by Crippen LogP contribution is 2.26. The molecule has 0 aliphatic rings. The fourth-order valence-corrected chi connectivity index (χ4v) is 4.53. The molecule has 1 aromatic heterocycles. The molecule has 1 aromatic carbocycles. The first-order chi connectivity index (χ1) is 9.44. The Morgan fingerprint density at radius 2 is 2.15 bits per heavy atom. The average molecular weight is 315 g/mol. The van der Waals surface area contributed by atoms with E-state index in [0.717, 1.165) is 0 Å². The predicted octanol–water partition coefficient (Wildman–Crippen LogP) is 2.17. The summed E-state index contributed by atoms with van der Waals surface area (Å²) < 4.78 is 39.9. The molecule has 0 aliphatic carbocycles. The molecule has 0 amide bonds. The summed E-state index contributed by atoms with van der Waals surface area (Å²) in [5.41, 5.74) is 1.12. The summed E-state index contributed by atoms with van der Waals surface area (Å²) in [6.07, 6.45) is 0. The van der Waals surface area contributed by atoms with Gasteiger partial charge in [-0.15, -0.1) is 11.3 Å². The molecule has 1 heterocycles. The van der Waals surface area contributed by atoms with E-state index in [0.29, 0.717) is 16.0 Å². The molecule has 0 spiro atoms. The van der Waals surface area contributed by atoms with E-state index in [9.17, 15) is 17.9 Å². The Kier molecular flexibility index (Phi) is 4.54. The fourth-order valence-electron chi connectivity index (χ4n) is 1.85. The van der Waals surface area contributed by atoms with Gasteiger partial charge in [0.1, 0.15) is 10.7 Å². The number of aliphatic hydroxyl groups excluding tert-OH is 1. The van der Waals surface area contributed by atoms with E-state index in [4.69, 9.17) is 0 Å². The average Bonchev–Trinajstić information content (AvgIpc) is 2.78. The first-order valence-electron chi connectivity index (χ1n) is 5.86. The second-order valence-electron chi connectivity index (χ2n) is 4.28. The molecular weight excluding hydrogens is 301 g/mol.